The summed E-state index contributed by atoms with van der Waals surface area (Å²) in [7, 11) is 0. The summed E-state index contributed by atoms with van der Waals surface area (Å²) in [5, 5.41) is 7.44. The van der Waals surface area contributed by atoms with Gasteiger partial charge in [-0.2, -0.15) is 0 Å². The fourth-order valence-electron chi connectivity index (χ4n) is 2.38. The number of rotatable bonds is 2. The van der Waals surface area contributed by atoms with Crippen LogP contribution in [0, 0.1) is 5.82 Å². The van der Waals surface area contributed by atoms with Crippen molar-refractivity contribution in [1.29, 1.82) is 0 Å². The van der Waals surface area contributed by atoms with Gasteiger partial charge < -0.3 is 4.90 Å². The van der Waals surface area contributed by atoms with E-state index >= 15 is 0 Å². The molecule has 0 atom stereocenters. The van der Waals surface area contributed by atoms with Gasteiger partial charge in [0.05, 0.1) is 11.4 Å². The van der Waals surface area contributed by atoms with Crippen LogP contribution in [0.4, 0.5) is 10.1 Å². The van der Waals surface area contributed by atoms with E-state index in [0.717, 1.165) is 31.6 Å². The molecule has 94 valence electrons. The average Bonchev–Trinajstić information content (AvgIpc) is 2.93. The quantitative estimate of drug-likeness (QED) is 0.816. The molecule has 0 saturated carbocycles. The third-order valence-corrected chi connectivity index (χ3v) is 3.34. The molecular weight excluding hydrogens is 231 g/mol. The van der Waals surface area contributed by atoms with Gasteiger partial charge in [0.25, 0.3) is 0 Å². The molecule has 5 heteroatoms. The van der Waals surface area contributed by atoms with Crippen molar-refractivity contribution in [2.75, 3.05) is 18.0 Å². The van der Waals surface area contributed by atoms with Gasteiger partial charge in [-0.15, -0.1) is 10.2 Å². The lowest BCUT2D eigenvalue weighted by Crippen LogP contribution is -2.30. The van der Waals surface area contributed by atoms with Gasteiger partial charge in [-0.1, -0.05) is 0 Å². The Morgan fingerprint density at radius 3 is 2.39 bits per heavy atom. The second-order valence-corrected chi connectivity index (χ2v) is 4.55. The fraction of sp³-hybridized carbons (Fsp3) is 0.385. The lowest BCUT2D eigenvalue weighted by Gasteiger charge is -2.29. The number of aromatic nitrogens is 3. The van der Waals surface area contributed by atoms with Crippen LogP contribution in [0.25, 0.3) is 5.69 Å². The summed E-state index contributed by atoms with van der Waals surface area (Å²) in [6.45, 7) is 1.89. The molecule has 1 aliphatic rings. The first-order chi connectivity index (χ1) is 8.84. The second kappa shape index (κ2) is 4.76. The zero-order chi connectivity index (χ0) is 12.4. The molecule has 2 heterocycles. The molecule has 2 aromatic rings. The van der Waals surface area contributed by atoms with Gasteiger partial charge in [0, 0.05) is 19.2 Å². The van der Waals surface area contributed by atoms with Gasteiger partial charge in [-0.3, -0.25) is 4.57 Å². The zero-order valence-corrected chi connectivity index (χ0v) is 10.1. The van der Waals surface area contributed by atoms with Crippen LogP contribution in [0.15, 0.2) is 30.9 Å². The number of benzene rings is 1. The monoisotopic (exact) mass is 246 g/mol. The van der Waals surface area contributed by atoms with Crippen molar-refractivity contribution >= 4 is 5.69 Å². The number of hydrogen-bond acceptors (Lipinski definition) is 3. The first kappa shape index (κ1) is 11.2. The summed E-state index contributed by atoms with van der Waals surface area (Å²) < 4.78 is 15.8. The molecule has 0 N–H and O–H groups in total. The molecular formula is C13H15FN4. The van der Waals surface area contributed by atoms with E-state index in [4.69, 9.17) is 0 Å². The summed E-state index contributed by atoms with van der Waals surface area (Å²) in [4.78, 5) is 2.12. The molecule has 1 saturated heterocycles. The summed E-state index contributed by atoms with van der Waals surface area (Å²) in [6, 6.07) is 5.28. The first-order valence-corrected chi connectivity index (χ1v) is 6.24. The van der Waals surface area contributed by atoms with Gasteiger partial charge in [-0.05, 0) is 31.4 Å². The molecule has 1 aliphatic heterocycles. The Balaban J connectivity index is 1.89. The van der Waals surface area contributed by atoms with Crippen LogP contribution in [0.2, 0.25) is 0 Å². The van der Waals surface area contributed by atoms with E-state index in [0.29, 0.717) is 5.69 Å². The average molecular weight is 246 g/mol. The minimum Gasteiger partial charge on any atom is -0.369 e. The van der Waals surface area contributed by atoms with Crippen LogP contribution in [-0.4, -0.2) is 27.9 Å². The highest BCUT2D eigenvalue weighted by atomic mass is 19.1. The van der Waals surface area contributed by atoms with Crippen LogP contribution in [-0.2, 0) is 0 Å². The predicted molar refractivity (Wildman–Crippen MR) is 67.4 cm³/mol. The number of piperidine rings is 1. The molecule has 4 nitrogen and oxygen atoms in total. The highest BCUT2D eigenvalue weighted by Crippen LogP contribution is 2.25. The van der Waals surface area contributed by atoms with Gasteiger partial charge in [0.1, 0.15) is 18.5 Å². The summed E-state index contributed by atoms with van der Waals surface area (Å²) in [5.74, 6) is -0.178. The molecule has 3 rings (SSSR count). The van der Waals surface area contributed by atoms with Crippen LogP contribution in [0.5, 0.6) is 0 Å². The van der Waals surface area contributed by atoms with Crippen LogP contribution in [0.3, 0.4) is 0 Å². The molecule has 18 heavy (non-hydrogen) atoms. The van der Waals surface area contributed by atoms with Crippen LogP contribution in [0.1, 0.15) is 19.3 Å². The minimum atomic E-state index is -0.178. The highest BCUT2D eigenvalue weighted by Gasteiger charge is 2.15. The van der Waals surface area contributed by atoms with E-state index in [2.05, 4.69) is 15.1 Å². The maximum absolute atomic E-state index is 14.1. The third-order valence-electron chi connectivity index (χ3n) is 3.34. The van der Waals surface area contributed by atoms with Gasteiger partial charge in [0.2, 0.25) is 0 Å². The summed E-state index contributed by atoms with van der Waals surface area (Å²) in [6.07, 6.45) is 6.67. The largest absolute Gasteiger partial charge is 0.369 e. The Bertz CT molecular complexity index is 518. The maximum Gasteiger partial charge on any atom is 0.148 e. The topological polar surface area (TPSA) is 34.0 Å². The van der Waals surface area contributed by atoms with E-state index in [-0.39, 0.29) is 5.82 Å². The van der Waals surface area contributed by atoms with Crippen molar-refractivity contribution < 1.29 is 4.39 Å². The van der Waals surface area contributed by atoms with Crippen molar-refractivity contribution in [1.82, 2.24) is 14.8 Å². The number of halogens is 1. The maximum atomic E-state index is 14.1. The van der Waals surface area contributed by atoms with E-state index in [1.54, 1.807) is 17.2 Å². The lowest BCUT2D eigenvalue weighted by atomic mass is 10.1. The normalized spacial score (nSPS) is 15.9. The standard InChI is InChI=1S/C13H15FN4/c14-12-8-11(18-9-15-16-10-18)4-5-13(12)17-6-2-1-3-7-17/h4-5,8-10H,1-3,6-7H2. The predicted octanol–water partition coefficient (Wildman–Crippen LogP) is 2.40. The van der Waals surface area contributed by atoms with Gasteiger partial charge >= 0.3 is 0 Å². The molecule has 0 amide bonds. The molecule has 0 radical (unpaired) electrons. The van der Waals surface area contributed by atoms with E-state index in [1.807, 2.05) is 12.1 Å². The van der Waals surface area contributed by atoms with Crippen LogP contribution < -0.4 is 4.90 Å². The zero-order valence-electron chi connectivity index (χ0n) is 10.1. The summed E-state index contributed by atoms with van der Waals surface area (Å²) in [5.41, 5.74) is 1.45. The molecule has 1 aromatic heterocycles. The Labute approximate surface area is 105 Å². The molecule has 1 aromatic carbocycles. The number of anilines is 1. The van der Waals surface area contributed by atoms with Crippen molar-refractivity contribution in [3.05, 3.63) is 36.7 Å². The number of nitrogens with zero attached hydrogens (tertiary/aromatic N) is 4. The van der Waals surface area contributed by atoms with Gasteiger partial charge in [-0.25, -0.2) is 4.39 Å². The number of hydrogen-bond donors (Lipinski definition) is 0. The van der Waals surface area contributed by atoms with E-state index < -0.39 is 0 Å². The van der Waals surface area contributed by atoms with Crippen LogP contribution >= 0.6 is 0 Å². The Morgan fingerprint density at radius 2 is 1.72 bits per heavy atom. The second-order valence-electron chi connectivity index (χ2n) is 4.55. The summed E-state index contributed by atoms with van der Waals surface area (Å²) >= 11 is 0. The van der Waals surface area contributed by atoms with Gasteiger partial charge in [0.15, 0.2) is 0 Å². The van der Waals surface area contributed by atoms with E-state index in [9.17, 15) is 4.39 Å². The molecule has 0 aliphatic carbocycles. The molecule has 1 fully saturated rings. The van der Waals surface area contributed by atoms with E-state index in [1.165, 1.54) is 12.5 Å². The minimum absolute atomic E-state index is 0.178. The Kier molecular flexibility index (Phi) is 2.96. The van der Waals surface area contributed by atoms with Crippen molar-refractivity contribution in [2.45, 2.75) is 19.3 Å². The smallest absolute Gasteiger partial charge is 0.148 e. The third kappa shape index (κ3) is 2.08. The Hall–Kier alpha value is -1.91. The molecule has 0 bridgehead atoms. The lowest BCUT2D eigenvalue weighted by molar-refractivity contribution is 0.556. The highest BCUT2D eigenvalue weighted by molar-refractivity contribution is 5.52. The fourth-order valence-corrected chi connectivity index (χ4v) is 2.38. The Morgan fingerprint density at radius 1 is 1.00 bits per heavy atom. The molecule has 0 spiro atoms. The first-order valence-electron chi connectivity index (χ1n) is 6.24. The van der Waals surface area contributed by atoms with Crippen molar-refractivity contribution in [3.8, 4) is 5.69 Å². The van der Waals surface area contributed by atoms with Crippen molar-refractivity contribution in [3.63, 3.8) is 0 Å². The SMILES string of the molecule is Fc1cc(-n2cnnc2)ccc1N1CCCCC1. The molecule has 0 unspecified atom stereocenters. The van der Waals surface area contributed by atoms with Crippen molar-refractivity contribution in [2.24, 2.45) is 0 Å².